The first-order valence-corrected chi connectivity index (χ1v) is 16.1. The number of carbonyl (C=O) groups is 1. The van der Waals surface area contributed by atoms with Crippen molar-refractivity contribution in [1.82, 2.24) is 20.3 Å². The van der Waals surface area contributed by atoms with E-state index in [1.54, 1.807) is 0 Å². The van der Waals surface area contributed by atoms with Crippen molar-refractivity contribution in [3.8, 4) is 11.3 Å². The molecule has 0 aliphatic carbocycles. The Morgan fingerprint density at radius 1 is 1.00 bits per heavy atom. The molecule has 231 valence electrons. The number of hydrogen-bond acceptors (Lipinski definition) is 6. The topological polar surface area (TPSA) is 89.0 Å². The van der Waals surface area contributed by atoms with E-state index < -0.39 is 6.04 Å². The Balaban J connectivity index is 1.53. The van der Waals surface area contributed by atoms with Gasteiger partial charge in [-0.25, -0.2) is 0 Å². The van der Waals surface area contributed by atoms with Gasteiger partial charge in [-0.1, -0.05) is 18.2 Å². The van der Waals surface area contributed by atoms with Crippen molar-refractivity contribution < 1.29 is 26.5 Å². The van der Waals surface area contributed by atoms with Crippen LogP contribution < -0.4 is 10.6 Å². The van der Waals surface area contributed by atoms with Crippen LogP contribution in [-0.2, 0) is 32.9 Å². The Kier molecular flexibility index (Phi) is 12.0. The van der Waals surface area contributed by atoms with Crippen LogP contribution in [-0.4, -0.2) is 31.3 Å². The molecular weight excluding hydrogens is 597 g/mol. The van der Waals surface area contributed by atoms with E-state index in [1.807, 2.05) is 93.8 Å². The number of aryl methyl sites for hydroxylation is 3. The third-order valence-electron chi connectivity index (χ3n) is 7.46. The van der Waals surface area contributed by atoms with Gasteiger partial charge < -0.3 is 0 Å². The first-order valence-electron chi connectivity index (χ1n) is 15.4. The molecule has 45 heavy (non-hydrogen) atoms. The summed E-state index contributed by atoms with van der Waals surface area (Å²) in [6, 6.07) is 19.2. The van der Waals surface area contributed by atoms with Crippen LogP contribution in [0.1, 0.15) is 73.8 Å². The van der Waals surface area contributed by atoms with Gasteiger partial charge in [-0.15, -0.1) is 0 Å². The standard InChI is InChI=1S/C37H41N5O2.V/c1-7-15-33(37(43)42-32-20-14-13-19-31(32)26(5)28-17-11-10-12-18-28)41-35(9-3)44-24-29-21-25(4)27(6)40-36(29)30-22-38-34(16-8-2)39-23-30;/h9-14,17-23,33,41H,5,7-8,15-16H2,1-4,6H3,(H,42,43);/b35-9+;. The Hall–Kier alpha value is -4.33. The Morgan fingerprint density at radius 2 is 1.69 bits per heavy atom. The summed E-state index contributed by atoms with van der Waals surface area (Å²) in [5.41, 5.74) is 7.76. The fourth-order valence-corrected chi connectivity index (χ4v) is 5.27. The minimum absolute atomic E-state index is 0.155. The number of benzene rings is 2. The summed E-state index contributed by atoms with van der Waals surface area (Å²) < 4.78 is 6.96. The number of ether oxygens (including phenoxy) is 1. The molecule has 0 radical (unpaired) electrons. The molecule has 2 N–H and O–H groups in total. The van der Waals surface area contributed by atoms with Crippen molar-refractivity contribution in [2.75, 3.05) is 5.32 Å². The molecule has 7 nitrogen and oxygen atoms in total. The zero-order valence-corrected chi connectivity index (χ0v) is 28.1. The average Bonchev–Trinajstić information content (AvgIpc) is 3.06. The van der Waals surface area contributed by atoms with Crippen LogP contribution in [0.3, 0.4) is 0 Å². The maximum atomic E-state index is 13.7. The van der Waals surface area contributed by atoms with Gasteiger partial charge in [0.05, 0.1) is 0 Å². The second-order valence-electron chi connectivity index (χ2n) is 10.8. The zero-order valence-electron chi connectivity index (χ0n) is 26.7. The SMILES string of the molecule is C=C(c1ccccc1)c1ccccc1NC(=O)C(CCC)N/C(=C\C)O[C](=[V])c1cc(C)c(C)nc1-c1cnc(CCC)nc1. The van der Waals surface area contributed by atoms with E-state index in [9.17, 15) is 4.79 Å². The van der Waals surface area contributed by atoms with E-state index in [0.717, 1.165) is 69.9 Å². The summed E-state index contributed by atoms with van der Waals surface area (Å²) in [6.07, 6.45) is 8.69. The number of anilines is 1. The van der Waals surface area contributed by atoms with Gasteiger partial charge in [0.1, 0.15) is 0 Å². The van der Waals surface area contributed by atoms with Gasteiger partial charge in [-0.05, 0) is 0 Å². The molecule has 0 bridgehead atoms. The number of pyridine rings is 1. The van der Waals surface area contributed by atoms with E-state index in [1.165, 1.54) is 0 Å². The molecular formula is C37H41N5O2V. The molecule has 0 fully saturated rings. The van der Waals surface area contributed by atoms with E-state index in [0.29, 0.717) is 22.4 Å². The molecule has 4 rings (SSSR count). The monoisotopic (exact) mass is 638 g/mol. The first-order chi connectivity index (χ1) is 21.7. The van der Waals surface area contributed by atoms with Crippen LogP contribution in [0.2, 0.25) is 0 Å². The second kappa shape index (κ2) is 16.1. The van der Waals surface area contributed by atoms with Crippen molar-refractivity contribution >= 4 is 21.6 Å². The van der Waals surface area contributed by atoms with Crippen LogP contribution in [0.25, 0.3) is 16.8 Å². The molecule has 8 heteroatoms. The van der Waals surface area contributed by atoms with Crippen LogP contribution in [0, 0.1) is 13.8 Å². The molecule has 4 aromatic rings. The van der Waals surface area contributed by atoms with Gasteiger partial charge >= 0.3 is 258 Å². The Bertz CT molecular complexity index is 1680. The number of allylic oxidation sites excluding steroid dienone is 1. The van der Waals surface area contributed by atoms with Gasteiger partial charge in [0.2, 0.25) is 0 Å². The fraction of sp³-hybridized carbons (Fsp3) is 0.270. The first kappa shape index (κ1) is 33.6. The number of aromatic nitrogens is 3. The summed E-state index contributed by atoms with van der Waals surface area (Å²) in [7, 11) is 0. The van der Waals surface area contributed by atoms with Crippen LogP contribution in [0.5, 0.6) is 0 Å². The van der Waals surface area contributed by atoms with Crippen molar-refractivity contribution in [3.63, 3.8) is 0 Å². The normalized spacial score (nSPS) is 11.9. The molecule has 0 saturated carbocycles. The van der Waals surface area contributed by atoms with E-state index in [2.05, 4.69) is 64.1 Å². The summed E-state index contributed by atoms with van der Waals surface area (Å²) >= 11 is 2.49. The number of amides is 1. The quantitative estimate of drug-likeness (QED) is 0.139. The van der Waals surface area contributed by atoms with Gasteiger partial charge in [0, 0.05) is 0 Å². The van der Waals surface area contributed by atoms with Crippen molar-refractivity contribution in [3.05, 3.63) is 125 Å². The number of nitrogens with zero attached hydrogens (tertiary/aromatic N) is 3. The minimum atomic E-state index is -0.531. The number of nitrogens with one attached hydrogen (secondary N) is 2. The van der Waals surface area contributed by atoms with Gasteiger partial charge in [-0.2, -0.15) is 0 Å². The molecule has 2 heterocycles. The molecule has 2 aromatic carbocycles. The molecule has 0 spiro atoms. The van der Waals surface area contributed by atoms with Crippen molar-refractivity contribution in [2.45, 2.75) is 66.3 Å². The van der Waals surface area contributed by atoms with Gasteiger partial charge in [-0.3, -0.25) is 0 Å². The molecule has 0 aliphatic heterocycles. The third-order valence-corrected chi connectivity index (χ3v) is 7.98. The second-order valence-corrected chi connectivity index (χ2v) is 11.5. The Morgan fingerprint density at radius 3 is 2.36 bits per heavy atom. The maximum absolute atomic E-state index is 13.7. The molecule has 1 amide bonds. The van der Waals surface area contributed by atoms with E-state index >= 15 is 0 Å². The summed E-state index contributed by atoms with van der Waals surface area (Å²) in [6.45, 7) is 14.4. The molecule has 1 atom stereocenters. The predicted octanol–water partition coefficient (Wildman–Crippen LogP) is 7.47. The predicted molar refractivity (Wildman–Crippen MR) is 179 cm³/mol. The van der Waals surface area contributed by atoms with Gasteiger partial charge in [0.25, 0.3) is 0 Å². The average molecular weight is 639 g/mol. The molecule has 2 aromatic heterocycles. The third kappa shape index (κ3) is 8.65. The van der Waals surface area contributed by atoms with Crippen LogP contribution in [0.15, 0.2) is 91.6 Å². The molecule has 1 unspecified atom stereocenters. The summed E-state index contributed by atoms with van der Waals surface area (Å²) in [4.78, 5) is 27.7. The molecule has 0 saturated heterocycles. The van der Waals surface area contributed by atoms with Crippen molar-refractivity contribution in [1.29, 1.82) is 0 Å². The van der Waals surface area contributed by atoms with Crippen LogP contribution in [0.4, 0.5) is 5.69 Å². The van der Waals surface area contributed by atoms with E-state index in [-0.39, 0.29) is 5.91 Å². The number of rotatable bonds is 14. The van der Waals surface area contributed by atoms with E-state index in [4.69, 9.17) is 9.72 Å². The van der Waals surface area contributed by atoms with Crippen LogP contribution >= 0.6 is 0 Å². The zero-order chi connectivity index (χ0) is 32.3. The number of para-hydroxylation sites is 1. The number of hydrogen-bond donors (Lipinski definition) is 2. The Labute approximate surface area is 275 Å². The summed E-state index contributed by atoms with van der Waals surface area (Å²) in [5, 5.41) is 6.48. The van der Waals surface area contributed by atoms with Gasteiger partial charge in [0.15, 0.2) is 0 Å². The number of carbonyl (C=O) groups excluding carboxylic acids is 1. The van der Waals surface area contributed by atoms with Crippen molar-refractivity contribution in [2.24, 2.45) is 0 Å². The summed E-state index contributed by atoms with van der Waals surface area (Å²) in [5.74, 6) is 1.13. The molecule has 0 aliphatic rings. The fourth-order valence-electron chi connectivity index (χ4n) is 4.85.